The first-order valence-corrected chi connectivity index (χ1v) is 11.4. The van der Waals surface area contributed by atoms with Gasteiger partial charge in [0.25, 0.3) is 0 Å². The number of hydrogen-bond donors (Lipinski definition) is 1. The van der Waals surface area contributed by atoms with Gasteiger partial charge in [-0.1, -0.05) is 44.0 Å². The molecule has 4 aromatic rings. The summed E-state index contributed by atoms with van der Waals surface area (Å²) in [6.45, 7) is 0. The molecule has 1 aliphatic rings. The highest BCUT2D eigenvalue weighted by molar-refractivity contribution is 9.10. The highest BCUT2D eigenvalue weighted by atomic mass is 79.9. The van der Waals surface area contributed by atoms with Crippen LogP contribution in [0.5, 0.6) is 0 Å². The number of halogens is 2. The van der Waals surface area contributed by atoms with Crippen LogP contribution in [0.4, 0.5) is 11.4 Å². The molecule has 0 bridgehead atoms. The van der Waals surface area contributed by atoms with E-state index in [4.69, 9.17) is 15.0 Å². The predicted molar refractivity (Wildman–Crippen MR) is 133 cm³/mol. The second kappa shape index (κ2) is 8.22. The fraction of sp³-hybridized carbons (Fsp3) is 0. The zero-order valence-corrected chi connectivity index (χ0v) is 19.4. The molecule has 1 aliphatic heterocycles. The highest BCUT2D eigenvalue weighted by Gasteiger charge is 2.22. The van der Waals surface area contributed by atoms with E-state index in [1.807, 2.05) is 72.8 Å². The number of nitrogens with zero attached hydrogens (tertiary/aromatic N) is 4. The summed E-state index contributed by atoms with van der Waals surface area (Å²) in [6.07, 6.45) is 0. The summed E-state index contributed by atoms with van der Waals surface area (Å²) in [5.41, 5.74) is 2.64. The number of aromatic nitrogens is 1. The van der Waals surface area contributed by atoms with Crippen molar-refractivity contribution in [1.29, 1.82) is 0 Å². The molecule has 30 heavy (non-hydrogen) atoms. The minimum Gasteiger partial charge on any atom is -0.337 e. The van der Waals surface area contributed by atoms with E-state index in [1.165, 1.54) is 0 Å². The van der Waals surface area contributed by atoms with Crippen LogP contribution in [0.1, 0.15) is 5.01 Å². The van der Waals surface area contributed by atoms with Crippen LogP contribution in [0, 0.1) is 0 Å². The molecule has 1 N–H and O–H groups in total. The van der Waals surface area contributed by atoms with E-state index >= 15 is 0 Å². The van der Waals surface area contributed by atoms with E-state index in [0.717, 1.165) is 35.5 Å². The first kappa shape index (κ1) is 19.3. The van der Waals surface area contributed by atoms with Crippen molar-refractivity contribution >= 4 is 82.3 Å². The first-order chi connectivity index (χ1) is 14.6. The normalized spacial score (nSPS) is 14.8. The van der Waals surface area contributed by atoms with Crippen molar-refractivity contribution in [2.75, 3.05) is 5.32 Å². The second-order valence-electron chi connectivity index (χ2n) is 6.43. The fourth-order valence-electron chi connectivity index (χ4n) is 2.87. The summed E-state index contributed by atoms with van der Waals surface area (Å²) in [5, 5.41) is 4.11. The van der Waals surface area contributed by atoms with Crippen LogP contribution in [0.2, 0.25) is 0 Å². The molecule has 5 nitrogen and oxygen atoms in total. The number of nitrogens with one attached hydrogen (secondary N) is 1. The van der Waals surface area contributed by atoms with Gasteiger partial charge in [-0.25, -0.2) is 20.0 Å². The molecule has 0 saturated carbocycles. The summed E-state index contributed by atoms with van der Waals surface area (Å²) in [6, 6.07) is 23.7. The molecular weight excluding hydrogens is 526 g/mol. The lowest BCUT2D eigenvalue weighted by Gasteiger charge is -2.06. The Balaban J connectivity index is 1.55. The van der Waals surface area contributed by atoms with Gasteiger partial charge in [-0.05, 0) is 60.7 Å². The zero-order chi connectivity index (χ0) is 20.5. The van der Waals surface area contributed by atoms with Gasteiger partial charge in [-0.3, -0.25) is 0 Å². The van der Waals surface area contributed by atoms with E-state index in [1.54, 1.807) is 11.3 Å². The molecule has 5 rings (SSSR count). The Kier molecular flexibility index (Phi) is 5.28. The van der Waals surface area contributed by atoms with Gasteiger partial charge in [-0.2, -0.15) is 0 Å². The van der Waals surface area contributed by atoms with Crippen molar-refractivity contribution < 1.29 is 0 Å². The summed E-state index contributed by atoms with van der Waals surface area (Å²) in [4.78, 5) is 18.8. The summed E-state index contributed by atoms with van der Waals surface area (Å²) >= 11 is 8.49. The van der Waals surface area contributed by atoms with Gasteiger partial charge in [0.05, 0.1) is 15.9 Å². The Labute approximate surface area is 193 Å². The lowest BCUT2D eigenvalue weighted by molar-refractivity contribution is 1.42. The van der Waals surface area contributed by atoms with Gasteiger partial charge in [0.15, 0.2) is 22.5 Å². The second-order valence-corrected chi connectivity index (χ2v) is 9.29. The van der Waals surface area contributed by atoms with Crippen LogP contribution in [0.25, 0.3) is 10.2 Å². The topological polar surface area (TPSA) is 62.0 Å². The van der Waals surface area contributed by atoms with Crippen LogP contribution in [0.3, 0.4) is 0 Å². The quantitative estimate of drug-likeness (QED) is 0.311. The molecular formula is C22H13Br2N5S. The van der Waals surface area contributed by atoms with Crippen molar-refractivity contribution in [2.45, 2.75) is 0 Å². The number of benzene rings is 3. The average Bonchev–Trinajstić information content (AvgIpc) is 3.35. The number of thiazole rings is 1. The Morgan fingerprint density at radius 3 is 2.23 bits per heavy atom. The lowest BCUT2D eigenvalue weighted by atomic mass is 10.3. The number of fused-ring (bicyclic) bond motifs is 1. The third kappa shape index (κ3) is 4.12. The van der Waals surface area contributed by atoms with E-state index in [0.29, 0.717) is 17.5 Å². The monoisotopic (exact) mass is 537 g/mol. The summed E-state index contributed by atoms with van der Waals surface area (Å²) in [5.74, 6) is 1.68. The Morgan fingerprint density at radius 2 is 1.50 bits per heavy atom. The van der Waals surface area contributed by atoms with Gasteiger partial charge in [0.2, 0.25) is 0 Å². The minimum atomic E-state index is 0.523. The molecule has 0 saturated heterocycles. The van der Waals surface area contributed by atoms with E-state index in [-0.39, 0.29) is 0 Å². The maximum Gasteiger partial charge on any atom is 0.198 e. The minimum absolute atomic E-state index is 0.523. The molecule has 0 atom stereocenters. The van der Waals surface area contributed by atoms with Gasteiger partial charge in [-0.15, -0.1) is 11.3 Å². The molecule has 8 heteroatoms. The maximum atomic E-state index is 4.72. The Hall–Kier alpha value is -2.68. The molecule has 0 fully saturated rings. The molecule has 146 valence electrons. The van der Waals surface area contributed by atoms with Crippen LogP contribution >= 0.6 is 43.2 Å². The number of para-hydroxylation sites is 1. The molecule has 0 amide bonds. The predicted octanol–water partition coefficient (Wildman–Crippen LogP) is 6.82. The average molecular weight is 539 g/mol. The lowest BCUT2D eigenvalue weighted by Crippen LogP contribution is -2.18. The smallest absolute Gasteiger partial charge is 0.198 e. The van der Waals surface area contributed by atoms with E-state index in [2.05, 4.69) is 42.2 Å². The van der Waals surface area contributed by atoms with Crippen LogP contribution in [-0.2, 0) is 0 Å². The maximum absolute atomic E-state index is 4.72. The SMILES string of the molecule is Brc1ccc(N=C2N=C(c3nc4ccccc4s3)N=C2Nc2ccc(Br)cc2)cc1. The molecule has 0 unspecified atom stereocenters. The third-order valence-electron chi connectivity index (χ3n) is 4.30. The van der Waals surface area contributed by atoms with Crippen molar-refractivity contribution in [3.05, 3.63) is 86.7 Å². The van der Waals surface area contributed by atoms with Gasteiger partial charge in [0, 0.05) is 14.6 Å². The standard InChI is InChI=1S/C22H13Br2N5S/c23-13-5-9-15(10-6-13)25-19-20(26-16-11-7-14(24)8-12-16)29-21(28-19)22-27-17-3-1-2-4-18(17)30-22/h1-12H,(H,25,26,28,29). The first-order valence-electron chi connectivity index (χ1n) is 9.05. The van der Waals surface area contributed by atoms with Crippen molar-refractivity contribution in [3.63, 3.8) is 0 Å². The van der Waals surface area contributed by atoms with Crippen LogP contribution in [0.15, 0.2) is 96.7 Å². The Bertz CT molecular complexity index is 1290. The van der Waals surface area contributed by atoms with Crippen LogP contribution < -0.4 is 5.32 Å². The zero-order valence-electron chi connectivity index (χ0n) is 15.4. The van der Waals surface area contributed by atoms with Gasteiger partial charge in [0.1, 0.15) is 0 Å². The van der Waals surface area contributed by atoms with Crippen LogP contribution in [-0.4, -0.2) is 22.5 Å². The highest BCUT2D eigenvalue weighted by Crippen LogP contribution is 2.25. The third-order valence-corrected chi connectivity index (χ3v) is 6.38. The van der Waals surface area contributed by atoms with E-state index < -0.39 is 0 Å². The van der Waals surface area contributed by atoms with Crippen molar-refractivity contribution in [1.82, 2.24) is 4.98 Å². The molecule has 0 aliphatic carbocycles. The van der Waals surface area contributed by atoms with Gasteiger partial charge >= 0.3 is 0 Å². The molecule has 0 radical (unpaired) electrons. The summed E-state index contributed by atoms with van der Waals surface area (Å²) in [7, 11) is 0. The summed E-state index contributed by atoms with van der Waals surface area (Å²) < 4.78 is 3.11. The Morgan fingerprint density at radius 1 is 0.800 bits per heavy atom. The number of amidine groups is 3. The number of anilines is 1. The molecule has 0 spiro atoms. The number of hydrogen-bond acceptors (Lipinski definition) is 5. The van der Waals surface area contributed by atoms with Crippen molar-refractivity contribution in [2.24, 2.45) is 15.0 Å². The number of rotatable bonds is 3. The van der Waals surface area contributed by atoms with Gasteiger partial charge < -0.3 is 5.32 Å². The largest absolute Gasteiger partial charge is 0.337 e. The van der Waals surface area contributed by atoms with Crippen molar-refractivity contribution in [3.8, 4) is 0 Å². The fourth-order valence-corrected chi connectivity index (χ4v) is 4.30. The van der Waals surface area contributed by atoms with E-state index in [9.17, 15) is 0 Å². The molecule has 2 heterocycles. The molecule has 3 aromatic carbocycles. The molecule has 1 aromatic heterocycles. The number of aliphatic imine (C=N–C) groups is 3.